The van der Waals surface area contributed by atoms with Crippen molar-refractivity contribution in [3.63, 3.8) is 0 Å². The second-order valence-corrected chi connectivity index (χ2v) is 8.53. The summed E-state index contributed by atoms with van der Waals surface area (Å²) >= 11 is 8.12. The highest BCUT2D eigenvalue weighted by molar-refractivity contribution is 8.02. The lowest BCUT2D eigenvalue weighted by Crippen LogP contribution is -2.33. The van der Waals surface area contributed by atoms with E-state index in [1.807, 2.05) is 11.8 Å². The minimum Gasteiger partial charge on any atom is -0.342 e. The van der Waals surface area contributed by atoms with E-state index in [0.29, 0.717) is 3.95 Å². The van der Waals surface area contributed by atoms with E-state index in [-0.39, 0.29) is 17.0 Å². The van der Waals surface area contributed by atoms with Crippen molar-refractivity contribution in [2.75, 3.05) is 13.1 Å². The zero-order chi connectivity index (χ0) is 16.4. The molecule has 2 heterocycles. The number of aromatic nitrogens is 2. The molecule has 2 aromatic rings. The Morgan fingerprint density at radius 1 is 1.35 bits per heavy atom. The van der Waals surface area contributed by atoms with Crippen molar-refractivity contribution in [3.8, 4) is 5.69 Å². The molecule has 0 radical (unpaired) electrons. The number of amides is 1. The van der Waals surface area contributed by atoms with Crippen molar-refractivity contribution in [2.45, 2.75) is 29.4 Å². The van der Waals surface area contributed by atoms with Crippen LogP contribution >= 0.6 is 35.3 Å². The number of benzene rings is 1. The fourth-order valence-corrected chi connectivity index (χ4v) is 5.04. The predicted molar refractivity (Wildman–Crippen MR) is 93.4 cm³/mol. The van der Waals surface area contributed by atoms with E-state index in [0.717, 1.165) is 36.0 Å². The monoisotopic (exact) mass is 369 g/mol. The van der Waals surface area contributed by atoms with Crippen LogP contribution in [0.1, 0.15) is 19.8 Å². The van der Waals surface area contributed by atoms with Crippen molar-refractivity contribution in [1.82, 2.24) is 14.7 Å². The molecule has 0 unspecified atom stereocenters. The summed E-state index contributed by atoms with van der Waals surface area (Å²) < 4.78 is 16.0. The molecule has 1 atom stereocenters. The molecule has 3 rings (SSSR count). The van der Waals surface area contributed by atoms with Gasteiger partial charge in [-0.25, -0.2) is 9.07 Å². The van der Waals surface area contributed by atoms with Crippen LogP contribution < -0.4 is 0 Å². The van der Waals surface area contributed by atoms with Gasteiger partial charge in [-0.3, -0.25) is 4.79 Å². The molecule has 23 heavy (non-hydrogen) atoms. The molecule has 0 spiro atoms. The van der Waals surface area contributed by atoms with E-state index < -0.39 is 0 Å². The molecule has 8 heteroatoms. The second-order valence-electron chi connectivity index (χ2n) is 5.31. The van der Waals surface area contributed by atoms with Gasteiger partial charge < -0.3 is 4.90 Å². The fourth-order valence-electron chi connectivity index (χ4n) is 2.45. The van der Waals surface area contributed by atoms with Crippen molar-refractivity contribution >= 4 is 41.2 Å². The van der Waals surface area contributed by atoms with Crippen molar-refractivity contribution in [1.29, 1.82) is 0 Å². The normalized spacial score (nSPS) is 15.8. The van der Waals surface area contributed by atoms with Crippen LogP contribution in [0.15, 0.2) is 28.6 Å². The number of halogens is 1. The summed E-state index contributed by atoms with van der Waals surface area (Å²) in [6.07, 6.45) is 2.17. The third-order valence-corrected chi connectivity index (χ3v) is 6.05. The fraction of sp³-hybridized carbons (Fsp3) is 0.400. The van der Waals surface area contributed by atoms with Crippen LogP contribution in [0.2, 0.25) is 0 Å². The van der Waals surface area contributed by atoms with E-state index in [1.54, 1.807) is 16.8 Å². The summed E-state index contributed by atoms with van der Waals surface area (Å²) in [5, 5.41) is 4.27. The minimum absolute atomic E-state index is 0.155. The van der Waals surface area contributed by atoms with E-state index >= 15 is 0 Å². The number of carbonyl (C=O) groups is 1. The van der Waals surface area contributed by atoms with E-state index in [1.165, 1.54) is 35.2 Å². The second kappa shape index (κ2) is 7.11. The van der Waals surface area contributed by atoms with Gasteiger partial charge in [-0.05, 0) is 56.2 Å². The smallest absolute Gasteiger partial charge is 0.235 e. The lowest BCUT2D eigenvalue weighted by Gasteiger charge is -2.18. The molecule has 1 fully saturated rings. The van der Waals surface area contributed by atoms with Crippen LogP contribution in [0, 0.1) is 9.77 Å². The Hall–Kier alpha value is -1.25. The molecule has 1 aromatic carbocycles. The molecule has 1 aliphatic rings. The SMILES string of the molecule is C[C@@H](Sc1nn(-c2ccc(F)cc2)c(=S)s1)C(=O)N1CCCC1. The highest BCUT2D eigenvalue weighted by atomic mass is 32.2. The number of nitrogens with zero attached hydrogens (tertiary/aromatic N) is 3. The first-order chi connectivity index (χ1) is 11.0. The van der Waals surface area contributed by atoms with E-state index in [2.05, 4.69) is 5.10 Å². The predicted octanol–water partition coefficient (Wildman–Crippen LogP) is 3.91. The molecule has 0 bridgehead atoms. The summed E-state index contributed by atoms with van der Waals surface area (Å²) in [5.74, 6) is -0.142. The van der Waals surface area contributed by atoms with Gasteiger partial charge in [-0.15, -0.1) is 5.10 Å². The quantitative estimate of drug-likeness (QED) is 0.605. The van der Waals surface area contributed by atoms with Crippen molar-refractivity contribution < 1.29 is 9.18 Å². The average Bonchev–Trinajstić information content (AvgIpc) is 3.17. The van der Waals surface area contributed by atoms with Crippen LogP contribution in [0.25, 0.3) is 5.69 Å². The topological polar surface area (TPSA) is 38.1 Å². The van der Waals surface area contributed by atoms with Crippen LogP contribution in [-0.2, 0) is 4.79 Å². The first-order valence-corrected chi connectivity index (χ1v) is 9.46. The van der Waals surface area contributed by atoms with Crippen LogP contribution in [-0.4, -0.2) is 38.9 Å². The summed E-state index contributed by atoms with van der Waals surface area (Å²) in [4.78, 5) is 14.3. The van der Waals surface area contributed by atoms with Crippen LogP contribution in [0.3, 0.4) is 0 Å². The summed E-state index contributed by atoms with van der Waals surface area (Å²) in [7, 11) is 0. The van der Waals surface area contributed by atoms with Gasteiger partial charge in [0.05, 0.1) is 10.9 Å². The Morgan fingerprint density at radius 2 is 2.00 bits per heavy atom. The first-order valence-electron chi connectivity index (χ1n) is 7.36. The number of hydrogen-bond donors (Lipinski definition) is 0. The highest BCUT2D eigenvalue weighted by Gasteiger charge is 2.25. The van der Waals surface area contributed by atoms with Gasteiger partial charge in [0, 0.05) is 13.1 Å². The molecule has 0 aliphatic carbocycles. The molecular formula is C15H16FN3OS3. The van der Waals surface area contributed by atoms with Gasteiger partial charge >= 0.3 is 0 Å². The number of rotatable bonds is 4. The van der Waals surface area contributed by atoms with E-state index in [4.69, 9.17) is 12.2 Å². The van der Waals surface area contributed by atoms with Crippen molar-refractivity contribution in [3.05, 3.63) is 34.0 Å². The largest absolute Gasteiger partial charge is 0.342 e. The standard InChI is InChI=1S/C15H16FN3OS3/c1-10(13(20)18-8-2-3-9-18)22-14-17-19(15(21)23-14)12-6-4-11(16)5-7-12/h4-7,10H,2-3,8-9H2,1H3/t10-/m1/s1. The minimum atomic E-state index is -0.296. The molecule has 1 aromatic heterocycles. The lowest BCUT2D eigenvalue weighted by molar-refractivity contribution is -0.129. The van der Waals surface area contributed by atoms with Gasteiger partial charge in [0.2, 0.25) is 5.91 Å². The van der Waals surface area contributed by atoms with E-state index in [9.17, 15) is 9.18 Å². The van der Waals surface area contributed by atoms with Gasteiger partial charge in [0.1, 0.15) is 5.82 Å². The lowest BCUT2D eigenvalue weighted by atomic mass is 10.3. The molecule has 1 aliphatic heterocycles. The molecule has 1 amide bonds. The van der Waals surface area contributed by atoms with Gasteiger partial charge in [0.25, 0.3) is 0 Å². The Kier molecular flexibility index (Phi) is 5.13. The summed E-state index contributed by atoms with van der Waals surface area (Å²) in [6.45, 7) is 3.60. The number of thioether (sulfide) groups is 1. The summed E-state index contributed by atoms with van der Waals surface area (Å²) in [5.41, 5.74) is 0.720. The Labute approximate surface area is 147 Å². The zero-order valence-corrected chi connectivity index (χ0v) is 15.0. The van der Waals surface area contributed by atoms with Crippen molar-refractivity contribution in [2.24, 2.45) is 0 Å². The molecular weight excluding hydrogens is 353 g/mol. The molecule has 1 saturated heterocycles. The van der Waals surface area contributed by atoms with Gasteiger partial charge in [0.15, 0.2) is 8.29 Å². The maximum absolute atomic E-state index is 13.0. The van der Waals surface area contributed by atoms with Gasteiger partial charge in [-0.2, -0.15) is 0 Å². The highest BCUT2D eigenvalue weighted by Crippen LogP contribution is 2.29. The maximum atomic E-state index is 13.0. The molecule has 0 saturated carbocycles. The first kappa shape index (κ1) is 16.6. The third-order valence-electron chi connectivity index (χ3n) is 3.64. The Morgan fingerprint density at radius 3 is 2.65 bits per heavy atom. The molecule has 122 valence electrons. The van der Waals surface area contributed by atoms with Gasteiger partial charge in [-0.1, -0.05) is 23.1 Å². The molecule has 0 N–H and O–H groups in total. The Balaban J connectivity index is 1.74. The zero-order valence-electron chi connectivity index (χ0n) is 12.6. The van der Waals surface area contributed by atoms with Crippen LogP contribution in [0.5, 0.6) is 0 Å². The van der Waals surface area contributed by atoms with Crippen LogP contribution in [0.4, 0.5) is 4.39 Å². The number of carbonyl (C=O) groups excluding carboxylic acids is 1. The Bertz CT molecular complexity index is 750. The number of hydrogen-bond acceptors (Lipinski definition) is 5. The maximum Gasteiger partial charge on any atom is 0.235 e. The third kappa shape index (κ3) is 3.81. The average molecular weight is 370 g/mol. The molecule has 4 nitrogen and oxygen atoms in total. The number of likely N-dealkylation sites (tertiary alicyclic amines) is 1. The summed E-state index contributed by atoms with van der Waals surface area (Å²) in [6, 6.07) is 6.03.